The maximum Gasteiger partial charge on any atom is 0.225 e. The predicted molar refractivity (Wildman–Crippen MR) is 100 cm³/mol. The number of primary amides is 1. The van der Waals surface area contributed by atoms with Crippen LogP contribution in [-0.4, -0.2) is 41.9 Å². The lowest BCUT2D eigenvalue weighted by molar-refractivity contribution is -0.119. The molecule has 2 rings (SSSR count). The summed E-state index contributed by atoms with van der Waals surface area (Å²) in [6.45, 7) is 1.84. The summed E-state index contributed by atoms with van der Waals surface area (Å²) in [6, 6.07) is 7.44. The van der Waals surface area contributed by atoms with Crippen LogP contribution in [0, 0.1) is 17.8 Å². The maximum atomic E-state index is 12.2. The van der Waals surface area contributed by atoms with Gasteiger partial charge in [-0.15, -0.1) is 0 Å². The summed E-state index contributed by atoms with van der Waals surface area (Å²) in [5, 5.41) is 13.3. The van der Waals surface area contributed by atoms with Gasteiger partial charge in [0.15, 0.2) is 0 Å². The van der Waals surface area contributed by atoms with Crippen LogP contribution in [0.4, 0.5) is 0 Å². The average molecular weight is 396 g/mol. The molecule has 1 radical (unpaired) electrons. The minimum Gasteiger partial charge on any atom is -0.370 e. The fourth-order valence-electron chi connectivity index (χ4n) is 2.86. The monoisotopic (exact) mass is 395 g/mol. The molecule has 0 atom stereocenters. The smallest absolute Gasteiger partial charge is 0.225 e. The summed E-state index contributed by atoms with van der Waals surface area (Å²) in [4.78, 5) is 25.2. The van der Waals surface area contributed by atoms with E-state index >= 15 is 0 Å². The third-order valence-electron chi connectivity index (χ3n) is 4.47. The second-order valence-electron chi connectivity index (χ2n) is 6.40. The van der Waals surface area contributed by atoms with Crippen molar-refractivity contribution in [3.05, 3.63) is 40.2 Å². The van der Waals surface area contributed by atoms with Crippen LogP contribution in [0.3, 0.4) is 0 Å². The third-order valence-corrected chi connectivity index (χ3v) is 5.21. The lowest BCUT2D eigenvalue weighted by Gasteiger charge is -2.37. The van der Waals surface area contributed by atoms with Crippen molar-refractivity contribution in [2.75, 3.05) is 19.6 Å². The van der Waals surface area contributed by atoms with E-state index in [4.69, 9.17) is 28.9 Å². The Morgan fingerprint density at radius 2 is 2.00 bits per heavy atom. The number of carbonyl (C=O) groups excluding carboxylic acids is 2. The first-order valence-electron chi connectivity index (χ1n) is 8.35. The molecule has 0 bridgehead atoms. The molecule has 1 fully saturated rings. The number of halogens is 2. The Bertz CT molecular complexity index is 710. The molecule has 1 aliphatic rings. The van der Waals surface area contributed by atoms with Crippen molar-refractivity contribution in [3.8, 4) is 6.07 Å². The van der Waals surface area contributed by atoms with Crippen molar-refractivity contribution in [1.29, 1.82) is 5.26 Å². The van der Waals surface area contributed by atoms with E-state index in [2.05, 4.69) is 16.3 Å². The summed E-state index contributed by atoms with van der Waals surface area (Å²) in [5.74, 6) is -0.629. The molecule has 0 saturated carbocycles. The number of amides is 2. The van der Waals surface area contributed by atoms with Crippen LogP contribution in [0.15, 0.2) is 18.2 Å². The summed E-state index contributed by atoms with van der Waals surface area (Å²) in [5.41, 5.74) is 5.14. The van der Waals surface area contributed by atoms with Gasteiger partial charge < -0.3 is 16.0 Å². The zero-order chi connectivity index (χ0) is 19.2. The van der Waals surface area contributed by atoms with Crippen LogP contribution in [0.2, 0.25) is 10.0 Å². The first-order valence-corrected chi connectivity index (χ1v) is 9.10. The molecule has 26 heavy (non-hydrogen) atoms. The van der Waals surface area contributed by atoms with Crippen molar-refractivity contribution in [2.24, 2.45) is 5.73 Å². The summed E-state index contributed by atoms with van der Waals surface area (Å²) in [6.07, 6.45) is 3.21. The van der Waals surface area contributed by atoms with Gasteiger partial charge in [-0.05, 0) is 37.0 Å². The highest BCUT2D eigenvalue weighted by atomic mass is 35.5. The second-order valence-corrected chi connectivity index (χ2v) is 7.21. The van der Waals surface area contributed by atoms with Crippen LogP contribution in [0.5, 0.6) is 0 Å². The van der Waals surface area contributed by atoms with E-state index in [-0.39, 0.29) is 11.8 Å². The second kappa shape index (κ2) is 9.22. The van der Waals surface area contributed by atoms with Crippen molar-refractivity contribution in [1.82, 2.24) is 10.2 Å². The number of likely N-dealkylation sites (tertiary alicyclic amines) is 1. The molecular weight excluding hydrogens is 375 g/mol. The molecule has 0 spiro atoms. The molecule has 1 aliphatic heterocycles. The molecular formula is C18H21Cl2N4O2. The average Bonchev–Trinajstić information content (AvgIpc) is 2.62. The Hall–Kier alpha value is -1.81. The number of rotatable bonds is 7. The lowest BCUT2D eigenvalue weighted by Crippen LogP contribution is -2.54. The highest BCUT2D eigenvalue weighted by molar-refractivity contribution is 6.42. The zero-order valence-electron chi connectivity index (χ0n) is 14.3. The molecule has 6 nitrogen and oxygen atoms in total. The number of nitrogens with one attached hydrogen (secondary N) is 1. The molecule has 2 amide bonds. The molecule has 0 unspecified atom stereocenters. The third kappa shape index (κ3) is 5.87. The van der Waals surface area contributed by atoms with Gasteiger partial charge in [-0.2, -0.15) is 5.26 Å². The van der Waals surface area contributed by atoms with Gasteiger partial charge in [0.25, 0.3) is 0 Å². The number of carbonyl (C=O) groups is 2. The number of hydrogen-bond acceptors (Lipinski definition) is 4. The van der Waals surface area contributed by atoms with Crippen LogP contribution in [-0.2, 0) is 16.0 Å². The molecule has 8 heteroatoms. The quantitative estimate of drug-likeness (QED) is 0.737. The van der Waals surface area contributed by atoms with Gasteiger partial charge >= 0.3 is 0 Å². The number of nitrogens with zero attached hydrogens (tertiary/aromatic N) is 2. The zero-order valence-corrected chi connectivity index (χ0v) is 15.8. The predicted octanol–water partition coefficient (Wildman–Crippen LogP) is 2.09. The Morgan fingerprint density at radius 1 is 1.31 bits per heavy atom. The van der Waals surface area contributed by atoms with Crippen molar-refractivity contribution in [3.63, 3.8) is 0 Å². The summed E-state index contributed by atoms with van der Waals surface area (Å²) >= 11 is 11.8. The number of nitriles is 1. The number of hydrogen-bond donors (Lipinski definition) is 2. The molecule has 1 aromatic rings. The summed E-state index contributed by atoms with van der Waals surface area (Å²) < 4.78 is 0. The van der Waals surface area contributed by atoms with E-state index in [1.54, 1.807) is 18.2 Å². The van der Waals surface area contributed by atoms with Crippen molar-refractivity contribution < 1.29 is 9.59 Å². The van der Waals surface area contributed by atoms with E-state index in [0.29, 0.717) is 55.4 Å². The highest BCUT2D eigenvalue weighted by Gasteiger charge is 2.36. The fourth-order valence-corrected chi connectivity index (χ4v) is 3.18. The fraction of sp³-hybridized carbons (Fsp3) is 0.444. The van der Waals surface area contributed by atoms with Crippen LogP contribution in [0.25, 0.3) is 0 Å². The molecule has 1 aromatic carbocycles. The van der Waals surface area contributed by atoms with E-state index < -0.39 is 5.54 Å². The van der Waals surface area contributed by atoms with Crippen LogP contribution in [0.1, 0.15) is 24.8 Å². The van der Waals surface area contributed by atoms with Gasteiger partial charge in [0, 0.05) is 26.1 Å². The number of piperidine rings is 1. The molecule has 0 aromatic heterocycles. The number of benzene rings is 1. The Balaban J connectivity index is 1.83. The topological polar surface area (TPSA) is 99.2 Å². The van der Waals surface area contributed by atoms with Crippen LogP contribution < -0.4 is 11.1 Å². The minimum atomic E-state index is -0.881. The molecule has 1 saturated heterocycles. The number of nitrogens with two attached hydrogens (primary N) is 1. The first-order chi connectivity index (χ1) is 12.3. The van der Waals surface area contributed by atoms with Crippen molar-refractivity contribution in [2.45, 2.75) is 31.2 Å². The molecule has 1 heterocycles. The van der Waals surface area contributed by atoms with E-state index in [1.165, 1.54) is 6.42 Å². The van der Waals surface area contributed by atoms with E-state index in [9.17, 15) is 14.9 Å². The van der Waals surface area contributed by atoms with Gasteiger partial charge in [-0.3, -0.25) is 9.59 Å². The van der Waals surface area contributed by atoms with Crippen LogP contribution >= 0.6 is 23.2 Å². The Morgan fingerprint density at radius 3 is 2.58 bits per heavy atom. The Kier molecular flexibility index (Phi) is 7.27. The largest absolute Gasteiger partial charge is 0.370 e. The Labute approximate surface area is 163 Å². The van der Waals surface area contributed by atoms with E-state index in [0.717, 1.165) is 5.56 Å². The highest BCUT2D eigenvalue weighted by Crippen LogP contribution is 2.24. The van der Waals surface area contributed by atoms with Gasteiger partial charge in [-0.25, -0.2) is 0 Å². The van der Waals surface area contributed by atoms with Gasteiger partial charge in [0.1, 0.15) is 5.54 Å². The minimum absolute atomic E-state index is 0.289. The van der Waals surface area contributed by atoms with Gasteiger partial charge in [0.2, 0.25) is 11.8 Å². The normalized spacial score (nSPS) is 16.7. The first kappa shape index (κ1) is 20.5. The molecule has 3 N–H and O–H groups in total. The standard InChI is InChI=1S/C18H21Cl2N4O2/c19-14-3-1-13(11-15(14)20)2-4-17(26)23-18(12-21)6-9-24(10-7-18)8-5-16(22)25/h1,3-4,11H,2,5-10H2,(H2,22,25)(H,23,26). The summed E-state index contributed by atoms with van der Waals surface area (Å²) in [7, 11) is 0. The molecule has 0 aliphatic carbocycles. The lowest BCUT2D eigenvalue weighted by atomic mass is 9.88. The SMILES string of the molecule is N#CC1(NC(=O)[CH]Cc2ccc(Cl)c(Cl)c2)CCN(CCC(N)=O)CC1. The van der Waals surface area contributed by atoms with Gasteiger partial charge in [-0.1, -0.05) is 29.3 Å². The van der Waals surface area contributed by atoms with E-state index in [1.807, 2.05) is 0 Å². The maximum absolute atomic E-state index is 12.2. The van der Waals surface area contributed by atoms with Crippen molar-refractivity contribution >= 4 is 35.0 Å². The van der Waals surface area contributed by atoms with Gasteiger partial charge in [0.05, 0.1) is 22.5 Å². The molecule has 139 valence electrons.